The number of nitrogens with zero attached hydrogens (tertiary/aromatic N) is 2. The first-order valence-electron chi connectivity index (χ1n) is 10.7. The van der Waals surface area contributed by atoms with E-state index in [0.29, 0.717) is 6.42 Å². The number of morpholine rings is 1. The molecule has 2 fully saturated rings. The summed E-state index contributed by atoms with van der Waals surface area (Å²) in [5.74, 6) is -0.242. The predicted molar refractivity (Wildman–Crippen MR) is 108 cm³/mol. The van der Waals surface area contributed by atoms with Crippen molar-refractivity contribution in [2.24, 2.45) is 11.8 Å². The van der Waals surface area contributed by atoms with E-state index in [9.17, 15) is 13.2 Å². The second-order valence-corrected chi connectivity index (χ2v) is 8.43. The number of rotatable bonds is 7. The highest BCUT2D eigenvalue weighted by Gasteiger charge is 2.37. The Morgan fingerprint density at radius 2 is 1.57 bits per heavy atom. The van der Waals surface area contributed by atoms with Gasteiger partial charge in [0.15, 0.2) is 0 Å². The van der Waals surface area contributed by atoms with Crippen LogP contribution in [-0.4, -0.2) is 68.5 Å². The van der Waals surface area contributed by atoms with Gasteiger partial charge in [-0.2, -0.15) is 13.2 Å². The molecule has 2 heterocycles. The van der Waals surface area contributed by atoms with Gasteiger partial charge in [0, 0.05) is 31.8 Å². The molecular formula is C22H37F3N2O. The SMILES string of the molecule is CCC(C)/C(=C\C(=C(C)C)C1CCN(CCN2CCOCC2)CC1)C(F)(F)F. The van der Waals surface area contributed by atoms with Gasteiger partial charge in [0.1, 0.15) is 0 Å². The molecule has 0 aromatic rings. The Hall–Kier alpha value is -0.850. The van der Waals surface area contributed by atoms with Gasteiger partial charge in [0.25, 0.3) is 0 Å². The van der Waals surface area contributed by atoms with E-state index in [4.69, 9.17) is 4.74 Å². The maximum absolute atomic E-state index is 13.6. The summed E-state index contributed by atoms with van der Waals surface area (Å²) in [6.07, 6.45) is -0.411. The summed E-state index contributed by atoms with van der Waals surface area (Å²) < 4.78 is 46.1. The molecule has 3 nitrogen and oxygen atoms in total. The van der Waals surface area contributed by atoms with Crippen LogP contribution in [0.15, 0.2) is 22.8 Å². The molecule has 0 aromatic carbocycles. The fourth-order valence-electron chi connectivity index (χ4n) is 4.14. The van der Waals surface area contributed by atoms with E-state index in [1.807, 2.05) is 20.8 Å². The van der Waals surface area contributed by atoms with Gasteiger partial charge < -0.3 is 9.64 Å². The highest BCUT2D eigenvalue weighted by Crippen LogP contribution is 2.37. The minimum Gasteiger partial charge on any atom is -0.379 e. The third-order valence-electron chi connectivity index (χ3n) is 6.22. The maximum Gasteiger partial charge on any atom is 0.412 e. The van der Waals surface area contributed by atoms with Crippen molar-refractivity contribution in [1.82, 2.24) is 9.80 Å². The van der Waals surface area contributed by atoms with Gasteiger partial charge in [-0.05, 0) is 63.6 Å². The normalized spacial score (nSPS) is 22.3. The third kappa shape index (κ3) is 6.89. The van der Waals surface area contributed by atoms with Gasteiger partial charge in [0.05, 0.1) is 13.2 Å². The average molecular weight is 403 g/mol. The van der Waals surface area contributed by atoms with E-state index in [1.165, 1.54) is 6.08 Å². The van der Waals surface area contributed by atoms with Crippen LogP contribution in [0.1, 0.15) is 47.0 Å². The summed E-state index contributed by atoms with van der Waals surface area (Å²) in [4.78, 5) is 4.89. The summed E-state index contributed by atoms with van der Waals surface area (Å²) in [7, 11) is 0. The van der Waals surface area contributed by atoms with Crippen LogP contribution >= 0.6 is 0 Å². The molecule has 0 spiro atoms. The molecule has 1 atom stereocenters. The first kappa shape index (κ1) is 23.4. The standard InChI is InChI=1S/C22H37F3N2O/c1-5-18(4)21(22(23,24)25)16-20(17(2)3)19-6-8-26(9-7-19)10-11-27-12-14-28-15-13-27/h16,18-19H,5-15H2,1-4H3/b21-16+. The van der Waals surface area contributed by atoms with E-state index < -0.39 is 12.1 Å². The molecule has 28 heavy (non-hydrogen) atoms. The van der Waals surface area contributed by atoms with E-state index in [-0.39, 0.29) is 11.5 Å². The van der Waals surface area contributed by atoms with Crippen molar-refractivity contribution < 1.29 is 17.9 Å². The van der Waals surface area contributed by atoms with Crippen LogP contribution in [0.3, 0.4) is 0 Å². The molecule has 2 aliphatic heterocycles. The Kier molecular flexibility index (Phi) is 9.03. The van der Waals surface area contributed by atoms with E-state index in [1.54, 1.807) is 6.92 Å². The number of alkyl halides is 3. The molecule has 2 saturated heterocycles. The number of ether oxygens (including phenoxy) is 1. The summed E-state index contributed by atoms with van der Waals surface area (Å²) in [5, 5.41) is 0. The quantitative estimate of drug-likeness (QED) is 0.563. The molecule has 0 radical (unpaired) electrons. The van der Waals surface area contributed by atoms with Crippen LogP contribution in [0.25, 0.3) is 0 Å². The molecule has 0 aromatic heterocycles. The summed E-state index contributed by atoms with van der Waals surface area (Å²) >= 11 is 0. The lowest BCUT2D eigenvalue weighted by Crippen LogP contribution is -2.43. The van der Waals surface area contributed by atoms with Gasteiger partial charge in [-0.25, -0.2) is 0 Å². The van der Waals surface area contributed by atoms with Crippen molar-refractivity contribution in [2.75, 3.05) is 52.5 Å². The molecule has 6 heteroatoms. The summed E-state index contributed by atoms with van der Waals surface area (Å²) in [5.41, 5.74) is 1.54. The van der Waals surface area contributed by atoms with Gasteiger partial charge in [-0.1, -0.05) is 25.5 Å². The fraction of sp³-hybridized carbons (Fsp3) is 0.818. The Morgan fingerprint density at radius 1 is 1.04 bits per heavy atom. The van der Waals surface area contributed by atoms with Crippen LogP contribution in [-0.2, 0) is 4.74 Å². The second kappa shape index (κ2) is 10.8. The van der Waals surface area contributed by atoms with E-state index >= 15 is 0 Å². The van der Waals surface area contributed by atoms with Crippen molar-refractivity contribution >= 4 is 0 Å². The fourth-order valence-corrected chi connectivity index (χ4v) is 4.14. The molecule has 0 N–H and O–H groups in total. The molecule has 0 bridgehead atoms. The molecule has 0 saturated carbocycles. The molecule has 2 aliphatic rings. The lowest BCUT2D eigenvalue weighted by Gasteiger charge is -2.35. The number of hydrogen-bond acceptors (Lipinski definition) is 3. The molecule has 162 valence electrons. The maximum atomic E-state index is 13.6. The van der Waals surface area contributed by atoms with Crippen molar-refractivity contribution in [2.45, 2.75) is 53.1 Å². The Labute approximate surface area is 168 Å². The zero-order chi connectivity index (χ0) is 20.7. The molecule has 0 aliphatic carbocycles. The zero-order valence-electron chi connectivity index (χ0n) is 17.9. The van der Waals surface area contributed by atoms with Crippen molar-refractivity contribution in [3.05, 3.63) is 22.8 Å². The molecular weight excluding hydrogens is 365 g/mol. The monoisotopic (exact) mass is 402 g/mol. The van der Waals surface area contributed by atoms with Gasteiger partial charge in [-0.3, -0.25) is 4.90 Å². The van der Waals surface area contributed by atoms with Crippen molar-refractivity contribution in [3.63, 3.8) is 0 Å². The average Bonchev–Trinajstić information content (AvgIpc) is 2.66. The first-order valence-corrected chi connectivity index (χ1v) is 10.7. The molecule has 2 rings (SSSR count). The number of allylic oxidation sites excluding steroid dienone is 4. The lowest BCUT2D eigenvalue weighted by atomic mass is 9.84. The largest absolute Gasteiger partial charge is 0.412 e. The summed E-state index contributed by atoms with van der Waals surface area (Å²) in [6.45, 7) is 15.0. The third-order valence-corrected chi connectivity index (χ3v) is 6.22. The van der Waals surface area contributed by atoms with Gasteiger partial charge >= 0.3 is 6.18 Å². The number of likely N-dealkylation sites (tertiary alicyclic amines) is 1. The number of piperidine rings is 1. The smallest absolute Gasteiger partial charge is 0.379 e. The van der Waals surface area contributed by atoms with Crippen LogP contribution in [0, 0.1) is 11.8 Å². The minimum absolute atomic E-state index is 0.228. The highest BCUT2D eigenvalue weighted by atomic mass is 19.4. The lowest BCUT2D eigenvalue weighted by molar-refractivity contribution is -0.0985. The van der Waals surface area contributed by atoms with E-state index in [0.717, 1.165) is 76.5 Å². The van der Waals surface area contributed by atoms with Crippen LogP contribution in [0.5, 0.6) is 0 Å². The van der Waals surface area contributed by atoms with Gasteiger partial charge in [-0.15, -0.1) is 0 Å². The second-order valence-electron chi connectivity index (χ2n) is 8.43. The summed E-state index contributed by atoms with van der Waals surface area (Å²) in [6, 6.07) is 0. The van der Waals surface area contributed by atoms with Gasteiger partial charge in [0.2, 0.25) is 0 Å². The van der Waals surface area contributed by atoms with Crippen LogP contribution in [0.2, 0.25) is 0 Å². The van der Waals surface area contributed by atoms with Crippen molar-refractivity contribution in [3.8, 4) is 0 Å². The Morgan fingerprint density at radius 3 is 2.04 bits per heavy atom. The minimum atomic E-state index is -4.25. The number of hydrogen-bond donors (Lipinski definition) is 0. The first-order chi connectivity index (χ1) is 13.2. The molecule has 0 amide bonds. The predicted octanol–water partition coefficient (Wildman–Crippen LogP) is 4.90. The Balaban J connectivity index is 1.97. The van der Waals surface area contributed by atoms with Crippen LogP contribution in [0.4, 0.5) is 13.2 Å². The topological polar surface area (TPSA) is 15.7 Å². The van der Waals surface area contributed by atoms with Crippen LogP contribution < -0.4 is 0 Å². The Bertz CT molecular complexity index is 538. The van der Waals surface area contributed by atoms with Crippen molar-refractivity contribution in [1.29, 1.82) is 0 Å². The molecule has 1 unspecified atom stereocenters. The zero-order valence-corrected chi connectivity index (χ0v) is 17.9. The highest BCUT2D eigenvalue weighted by molar-refractivity contribution is 5.33. The van der Waals surface area contributed by atoms with E-state index in [2.05, 4.69) is 9.80 Å². The number of halogens is 3.